The van der Waals surface area contributed by atoms with Crippen LogP contribution < -0.4 is 0 Å². The molecule has 0 bridgehead atoms. The molecule has 1 aromatic heterocycles. The van der Waals surface area contributed by atoms with Crippen LogP contribution in [0.1, 0.15) is 22.3 Å². The lowest BCUT2D eigenvalue weighted by Crippen LogP contribution is -2.05. The zero-order valence-electron chi connectivity index (χ0n) is 15.9. The van der Waals surface area contributed by atoms with Crippen molar-refractivity contribution < 1.29 is 13.2 Å². The molecule has 0 spiro atoms. The third-order valence-corrected chi connectivity index (χ3v) is 5.06. The van der Waals surface area contributed by atoms with Gasteiger partial charge in [0, 0.05) is 5.39 Å². The second-order valence-corrected chi connectivity index (χ2v) is 7.25. The van der Waals surface area contributed by atoms with Crippen LogP contribution in [0.2, 0.25) is 0 Å². The number of fused-ring (bicyclic) bond motifs is 1. The maximum Gasteiger partial charge on any atom is 0.416 e. The quantitative estimate of drug-likeness (QED) is 0.346. The van der Waals surface area contributed by atoms with E-state index in [1.807, 2.05) is 57.2 Å². The fourth-order valence-electron chi connectivity index (χ4n) is 3.98. The molecule has 0 saturated carbocycles. The number of aromatic nitrogens is 1. The first-order valence-corrected chi connectivity index (χ1v) is 9.12. The van der Waals surface area contributed by atoms with Gasteiger partial charge in [0.25, 0.3) is 0 Å². The topological polar surface area (TPSA) is 4.93 Å². The van der Waals surface area contributed by atoms with E-state index in [-0.39, 0.29) is 0 Å². The highest BCUT2D eigenvalue weighted by atomic mass is 19.4. The van der Waals surface area contributed by atoms with Crippen LogP contribution in [-0.4, -0.2) is 4.57 Å². The fraction of sp³-hybridized carbons (Fsp3) is 0.167. The molecule has 0 N–H and O–H groups in total. The van der Waals surface area contributed by atoms with Crippen molar-refractivity contribution in [2.24, 2.45) is 0 Å². The Morgan fingerprint density at radius 3 is 2.00 bits per heavy atom. The van der Waals surface area contributed by atoms with Crippen LogP contribution >= 0.6 is 0 Å². The molecule has 0 atom stereocenters. The zero-order valence-corrected chi connectivity index (χ0v) is 15.9. The second kappa shape index (κ2) is 6.55. The summed E-state index contributed by atoms with van der Waals surface area (Å²) in [6.07, 6.45) is -4.36. The highest BCUT2D eigenvalue weighted by molar-refractivity contribution is 5.90. The van der Waals surface area contributed by atoms with E-state index >= 15 is 0 Å². The molecule has 4 heteroatoms. The van der Waals surface area contributed by atoms with Gasteiger partial charge in [0.05, 0.1) is 22.5 Å². The van der Waals surface area contributed by atoms with Gasteiger partial charge in [-0.2, -0.15) is 13.2 Å². The fourth-order valence-corrected chi connectivity index (χ4v) is 3.98. The third-order valence-electron chi connectivity index (χ3n) is 5.06. The molecule has 0 fully saturated rings. The minimum Gasteiger partial charge on any atom is -0.309 e. The van der Waals surface area contributed by atoms with Gasteiger partial charge in [0.2, 0.25) is 0 Å². The number of nitrogens with zero attached hydrogens (tertiary/aromatic N) is 1. The number of aryl methyl sites for hydroxylation is 3. The maximum atomic E-state index is 13.2. The Bertz CT molecular complexity index is 1140. The van der Waals surface area contributed by atoms with Crippen LogP contribution in [0.25, 0.3) is 27.8 Å². The van der Waals surface area contributed by atoms with Gasteiger partial charge >= 0.3 is 6.18 Å². The molecule has 3 aromatic carbocycles. The normalized spacial score (nSPS) is 11.9. The van der Waals surface area contributed by atoms with Gasteiger partial charge < -0.3 is 4.57 Å². The van der Waals surface area contributed by atoms with Gasteiger partial charge in [-0.05, 0) is 61.7 Å². The maximum absolute atomic E-state index is 13.2. The molecule has 0 aliphatic carbocycles. The smallest absolute Gasteiger partial charge is 0.309 e. The van der Waals surface area contributed by atoms with Crippen molar-refractivity contribution in [3.05, 3.63) is 89.0 Å². The van der Waals surface area contributed by atoms with E-state index < -0.39 is 11.7 Å². The molecule has 0 saturated heterocycles. The van der Waals surface area contributed by atoms with Crippen molar-refractivity contribution in [1.29, 1.82) is 0 Å². The Labute approximate surface area is 162 Å². The molecular weight excluding hydrogens is 359 g/mol. The van der Waals surface area contributed by atoms with Crippen molar-refractivity contribution in [2.45, 2.75) is 26.9 Å². The monoisotopic (exact) mass is 379 g/mol. The minimum absolute atomic E-state index is 0.577. The summed E-state index contributed by atoms with van der Waals surface area (Å²) in [5, 5.41) is 0.577. The van der Waals surface area contributed by atoms with Crippen LogP contribution in [0.15, 0.2) is 66.7 Å². The lowest BCUT2D eigenvalue weighted by atomic mass is 10.0. The molecule has 0 unspecified atom stereocenters. The first-order chi connectivity index (χ1) is 13.3. The van der Waals surface area contributed by atoms with E-state index in [1.165, 1.54) is 6.07 Å². The molecule has 4 rings (SSSR count). The summed E-state index contributed by atoms with van der Waals surface area (Å²) in [5.74, 6) is 0. The summed E-state index contributed by atoms with van der Waals surface area (Å²) >= 11 is 0. The van der Waals surface area contributed by atoms with Crippen molar-refractivity contribution in [3.8, 4) is 16.9 Å². The molecule has 142 valence electrons. The molecule has 1 nitrogen and oxygen atoms in total. The Hall–Kier alpha value is -3.01. The van der Waals surface area contributed by atoms with Crippen molar-refractivity contribution in [2.75, 3.05) is 0 Å². The molecule has 0 radical (unpaired) electrons. The predicted octanol–water partition coefficient (Wildman–Crippen LogP) is 7.24. The van der Waals surface area contributed by atoms with Crippen LogP contribution in [0.4, 0.5) is 13.2 Å². The van der Waals surface area contributed by atoms with Gasteiger partial charge in [0.15, 0.2) is 0 Å². The van der Waals surface area contributed by atoms with E-state index in [0.717, 1.165) is 45.2 Å². The molecule has 0 amide bonds. The number of benzene rings is 3. The summed E-state index contributed by atoms with van der Waals surface area (Å²) in [6, 6.07) is 19.8. The standard InChI is InChI=1S/C24H20F3N/c1-15-11-16(2)23(17(3)12-15)28-21-10-9-20(24(25,26)27)13-19(21)14-22(28)18-7-5-4-6-8-18/h4-14H,1-3H3. The summed E-state index contributed by atoms with van der Waals surface area (Å²) in [6.45, 7) is 6.13. The van der Waals surface area contributed by atoms with Crippen molar-refractivity contribution in [1.82, 2.24) is 4.57 Å². The summed E-state index contributed by atoms with van der Waals surface area (Å²) in [5.41, 5.74) is 6.34. The number of alkyl halides is 3. The lowest BCUT2D eigenvalue weighted by Gasteiger charge is -2.18. The van der Waals surface area contributed by atoms with Crippen molar-refractivity contribution >= 4 is 10.9 Å². The Morgan fingerprint density at radius 2 is 1.39 bits per heavy atom. The van der Waals surface area contributed by atoms with Crippen LogP contribution in [-0.2, 0) is 6.18 Å². The minimum atomic E-state index is -4.36. The van der Waals surface area contributed by atoms with Gasteiger partial charge in [0.1, 0.15) is 0 Å². The average molecular weight is 379 g/mol. The average Bonchev–Trinajstić information content (AvgIpc) is 2.99. The van der Waals surface area contributed by atoms with E-state index in [0.29, 0.717) is 5.39 Å². The highest BCUT2D eigenvalue weighted by Crippen LogP contribution is 2.37. The van der Waals surface area contributed by atoms with Crippen LogP contribution in [0, 0.1) is 20.8 Å². The van der Waals surface area contributed by atoms with Gasteiger partial charge in [-0.25, -0.2) is 0 Å². The van der Waals surface area contributed by atoms with E-state index in [4.69, 9.17) is 0 Å². The molecule has 4 aromatic rings. The first-order valence-electron chi connectivity index (χ1n) is 9.12. The molecule has 1 heterocycles. The number of halogens is 3. The number of rotatable bonds is 2. The van der Waals surface area contributed by atoms with Gasteiger partial charge in [-0.3, -0.25) is 0 Å². The van der Waals surface area contributed by atoms with Gasteiger partial charge in [-0.1, -0.05) is 48.0 Å². The molecule has 0 aliphatic heterocycles. The largest absolute Gasteiger partial charge is 0.416 e. The summed E-state index contributed by atoms with van der Waals surface area (Å²) in [7, 11) is 0. The van der Waals surface area contributed by atoms with Gasteiger partial charge in [-0.15, -0.1) is 0 Å². The van der Waals surface area contributed by atoms with E-state index in [9.17, 15) is 13.2 Å². The number of hydrogen-bond acceptors (Lipinski definition) is 0. The lowest BCUT2D eigenvalue weighted by molar-refractivity contribution is -0.137. The molecule has 0 aliphatic rings. The number of hydrogen-bond donors (Lipinski definition) is 0. The zero-order chi connectivity index (χ0) is 20.1. The van der Waals surface area contributed by atoms with Crippen molar-refractivity contribution in [3.63, 3.8) is 0 Å². The first kappa shape index (κ1) is 18.4. The molecular formula is C24H20F3N. The summed E-state index contributed by atoms with van der Waals surface area (Å²) < 4.78 is 41.8. The van der Waals surface area contributed by atoms with E-state index in [2.05, 4.69) is 16.7 Å². The highest BCUT2D eigenvalue weighted by Gasteiger charge is 2.31. The predicted molar refractivity (Wildman–Crippen MR) is 108 cm³/mol. The Balaban J connectivity index is 2.09. The molecule has 28 heavy (non-hydrogen) atoms. The van der Waals surface area contributed by atoms with E-state index in [1.54, 1.807) is 6.07 Å². The third kappa shape index (κ3) is 3.09. The van der Waals surface area contributed by atoms with Crippen LogP contribution in [0.5, 0.6) is 0 Å². The second-order valence-electron chi connectivity index (χ2n) is 7.25. The SMILES string of the molecule is Cc1cc(C)c(-n2c(-c3ccccc3)cc3cc(C(F)(F)F)ccc32)c(C)c1. The summed E-state index contributed by atoms with van der Waals surface area (Å²) in [4.78, 5) is 0. The Morgan fingerprint density at radius 1 is 0.750 bits per heavy atom. The van der Waals surface area contributed by atoms with Crippen LogP contribution in [0.3, 0.4) is 0 Å². The Kier molecular flexibility index (Phi) is 4.30.